The lowest BCUT2D eigenvalue weighted by atomic mass is 10.0. The van der Waals surface area contributed by atoms with Crippen molar-refractivity contribution in [2.45, 2.75) is 45.6 Å². The van der Waals surface area contributed by atoms with Crippen LogP contribution in [0, 0.1) is 18.8 Å². The lowest BCUT2D eigenvalue weighted by Crippen LogP contribution is -2.26. The summed E-state index contributed by atoms with van der Waals surface area (Å²) in [4.78, 5) is 22.3. The van der Waals surface area contributed by atoms with Crippen molar-refractivity contribution >= 4 is 22.9 Å². The third kappa shape index (κ3) is 4.20. The zero-order chi connectivity index (χ0) is 23.2. The molecule has 0 spiro atoms. The number of nitrogens with zero attached hydrogens (tertiary/aromatic N) is 3. The molecular formula is C27H31N5O2. The molecule has 3 aromatic rings. The van der Waals surface area contributed by atoms with E-state index in [0.717, 1.165) is 71.3 Å². The smallest absolute Gasteiger partial charge is 0.251 e. The molecule has 2 atom stereocenters. The fourth-order valence-electron chi connectivity index (χ4n) is 4.71. The Bertz CT molecular complexity index is 1290. The molecule has 1 aromatic carbocycles. The van der Waals surface area contributed by atoms with Gasteiger partial charge in [-0.05, 0) is 67.7 Å². The van der Waals surface area contributed by atoms with Gasteiger partial charge in [0.2, 0.25) is 0 Å². The van der Waals surface area contributed by atoms with E-state index in [1.807, 2.05) is 25.3 Å². The minimum atomic E-state index is 0.0171. The average molecular weight is 458 g/mol. The number of carbonyl (C=O) groups is 1. The highest BCUT2D eigenvalue weighted by molar-refractivity contribution is 5.96. The van der Waals surface area contributed by atoms with Gasteiger partial charge in [-0.15, -0.1) is 0 Å². The SMILES string of the molecule is Cc1cc(-c2cnc3c(NCC4CC4C)nc(C4=CCOCC4)cn23)ccc1C(=O)NC1CC1. The highest BCUT2D eigenvalue weighted by Gasteiger charge is 2.32. The molecule has 7 heteroatoms. The number of aryl methyl sites for hydroxylation is 1. The van der Waals surface area contributed by atoms with E-state index in [4.69, 9.17) is 14.7 Å². The summed E-state index contributed by atoms with van der Waals surface area (Å²) in [7, 11) is 0. The second-order valence-electron chi connectivity index (χ2n) is 10.00. The fourth-order valence-corrected chi connectivity index (χ4v) is 4.71. The van der Waals surface area contributed by atoms with Crippen LogP contribution in [0.4, 0.5) is 5.82 Å². The number of nitrogens with one attached hydrogen (secondary N) is 2. The maximum atomic E-state index is 12.6. The molecule has 0 saturated heterocycles. The number of aromatic nitrogens is 3. The van der Waals surface area contributed by atoms with E-state index in [1.165, 1.54) is 12.0 Å². The summed E-state index contributed by atoms with van der Waals surface area (Å²) in [6.07, 6.45) is 10.4. The molecule has 2 aromatic heterocycles. The Morgan fingerprint density at radius 2 is 2.15 bits per heavy atom. The molecule has 176 valence electrons. The molecule has 6 rings (SSSR count). The van der Waals surface area contributed by atoms with Crippen molar-refractivity contribution < 1.29 is 9.53 Å². The maximum Gasteiger partial charge on any atom is 0.251 e. The number of ether oxygens (including phenoxy) is 1. The number of anilines is 1. The third-order valence-electron chi connectivity index (χ3n) is 7.27. The first-order valence-corrected chi connectivity index (χ1v) is 12.4. The van der Waals surface area contributed by atoms with Crippen molar-refractivity contribution in [2.75, 3.05) is 25.1 Å². The Hall–Kier alpha value is -3.19. The van der Waals surface area contributed by atoms with E-state index in [-0.39, 0.29) is 5.91 Å². The molecule has 2 unspecified atom stereocenters. The number of fused-ring (bicyclic) bond motifs is 1. The molecule has 0 radical (unpaired) electrons. The molecule has 2 aliphatic carbocycles. The average Bonchev–Trinajstić information content (AvgIpc) is 3.75. The summed E-state index contributed by atoms with van der Waals surface area (Å²) in [5, 5.41) is 6.67. The Morgan fingerprint density at radius 3 is 2.85 bits per heavy atom. The van der Waals surface area contributed by atoms with Gasteiger partial charge >= 0.3 is 0 Å². The van der Waals surface area contributed by atoms with Crippen LogP contribution in [0.1, 0.15) is 54.2 Å². The van der Waals surface area contributed by atoms with Crippen molar-refractivity contribution in [3.63, 3.8) is 0 Å². The minimum Gasteiger partial charge on any atom is -0.377 e. The van der Waals surface area contributed by atoms with Gasteiger partial charge in [0.1, 0.15) is 0 Å². The molecule has 34 heavy (non-hydrogen) atoms. The number of carbonyl (C=O) groups excluding carboxylic acids is 1. The number of rotatable bonds is 7. The quantitative estimate of drug-likeness (QED) is 0.547. The lowest BCUT2D eigenvalue weighted by Gasteiger charge is -2.16. The van der Waals surface area contributed by atoms with E-state index in [0.29, 0.717) is 25.2 Å². The zero-order valence-electron chi connectivity index (χ0n) is 19.8. The van der Waals surface area contributed by atoms with Gasteiger partial charge in [0.25, 0.3) is 5.91 Å². The van der Waals surface area contributed by atoms with Crippen LogP contribution in [0.5, 0.6) is 0 Å². The van der Waals surface area contributed by atoms with E-state index in [2.05, 4.69) is 40.3 Å². The van der Waals surface area contributed by atoms with Crippen LogP contribution in [0.2, 0.25) is 0 Å². The van der Waals surface area contributed by atoms with Crippen molar-refractivity contribution in [3.05, 3.63) is 53.5 Å². The predicted octanol–water partition coefficient (Wildman–Crippen LogP) is 4.47. The molecule has 7 nitrogen and oxygen atoms in total. The summed E-state index contributed by atoms with van der Waals surface area (Å²) < 4.78 is 7.65. The second-order valence-corrected chi connectivity index (χ2v) is 10.00. The monoisotopic (exact) mass is 457 g/mol. The summed E-state index contributed by atoms with van der Waals surface area (Å²) in [6.45, 7) is 6.55. The lowest BCUT2D eigenvalue weighted by molar-refractivity contribution is 0.0950. The van der Waals surface area contributed by atoms with Gasteiger partial charge in [0.15, 0.2) is 11.5 Å². The van der Waals surface area contributed by atoms with Crippen LogP contribution in [0.15, 0.2) is 36.7 Å². The van der Waals surface area contributed by atoms with Crippen LogP contribution in [0.25, 0.3) is 22.5 Å². The van der Waals surface area contributed by atoms with Gasteiger partial charge < -0.3 is 15.4 Å². The van der Waals surface area contributed by atoms with Gasteiger partial charge in [-0.2, -0.15) is 0 Å². The first-order valence-electron chi connectivity index (χ1n) is 12.4. The Kier molecular flexibility index (Phi) is 5.37. The van der Waals surface area contributed by atoms with Gasteiger partial charge in [-0.3, -0.25) is 9.20 Å². The van der Waals surface area contributed by atoms with Crippen LogP contribution >= 0.6 is 0 Å². The summed E-state index contributed by atoms with van der Waals surface area (Å²) in [5.74, 6) is 2.33. The summed E-state index contributed by atoms with van der Waals surface area (Å²) in [5.41, 5.74) is 6.72. The van der Waals surface area contributed by atoms with E-state index in [1.54, 1.807) is 0 Å². The molecule has 2 fully saturated rings. The van der Waals surface area contributed by atoms with Crippen LogP contribution in [0.3, 0.4) is 0 Å². The van der Waals surface area contributed by atoms with Crippen molar-refractivity contribution in [2.24, 2.45) is 11.8 Å². The van der Waals surface area contributed by atoms with Gasteiger partial charge in [0.05, 0.1) is 30.8 Å². The summed E-state index contributed by atoms with van der Waals surface area (Å²) >= 11 is 0. The van der Waals surface area contributed by atoms with Gasteiger partial charge in [-0.25, -0.2) is 9.97 Å². The third-order valence-corrected chi connectivity index (χ3v) is 7.27. The standard InChI is InChI=1S/C27H31N5O2/c1-16-11-20(16)13-28-25-26-29-14-24(32(26)15-23(31-25)18-7-9-34-10-8-18)19-3-6-22(17(2)12-19)27(33)30-21-4-5-21/h3,6-7,12,14-16,20-21H,4-5,8-11,13H2,1-2H3,(H,28,31)(H,30,33). The first kappa shape index (κ1) is 21.4. The molecule has 3 heterocycles. The molecule has 2 saturated carbocycles. The molecule has 1 aliphatic heterocycles. The van der Waals surface area contributed by atoms with E-state index < -0.39 is 0 Å². The van der Waals surface area contributed by atoms with E-state index in [9.17, 15) is 4.79 Å². The number of imidazole rings is 1. The van der Waals surface area contributed by atoms with Gasteiger partial charge in [0, 0.05) is 29.9 Å². The largest absolute Gasteiger partial charge is 0.377 e. The van der Waals surface area contributed by atoms with Crippen molar-refractivity contribution in [3.8, 4) is 11.3 Å². The van der Waals surface area contributed by atoms with Gasteiger partial charge in [-0.1, -0.05) is 19.1 Å². The number of hydrogen-bond acceptors (Lipinski definition) is 5. The predicted molar refractivity (Wildman–Crippen MR) is 133 cm³/mol. The molecular weight excluding hydrogens is 426 g/mol. The molecule has 0 bridgehead atoms. The Morgan fingerprint density at radius 1 is 1.29 bits per heavy atom. The summed E-state index contributed by atoms with van der Waals surface area (Å²) in [6, 6.07) is 6.38. The maximum absolute atomic E-state index is 12.6. The first-order chi connectivity index (χ1) is 16.6. The fraction of sp³-hybridized carbons (Fsp3) is 0.444. The second kappa shape index (κ2) is 8.55. The molecule has 1 amide bonds. The number of benzene rings is 1. The van der Waals surface area contributed by atoms with Crippen molar-refractivity contribution in [1.29, 1.82) is 0 Å². The molecule has 2 N–H and O–H groups in total. The van der Waals surface area contributed by atoms with Crippen LogP contribution in [-0.2, 0) is 4.74 Å². The van der Waals surface area contributed by atoms with Crippen LogP contribution < -0.4 is 10.6 Å². The topological polar surface area (TPSA) is 80.6 Å². The number of hydrogen-bond donors (Lipinski definition) is 2. The normalized spacial score (nSPS) is 21.9. The Labute approximate surface area is 199 Å². The molecule has 3 aliphatic rings. The van der Waals surface area contributed by atoms with E-state index >= 15 is 0 Å². The highest BCUT2D eigenvalue weighted by atomic mass is 16.5. The highest BCUT2D eigenvalue weighted by Crippen LogP contribution is 2.38. The zero-order valence-corrected chi connectivity index (χ0v) is 19.8. The number of amides is 1. The minimum absolute atomic E-state index is 0.0171. The Balaban J connectivity index is 1.38. The van der Waals surface area contributed by atoms with Crippen molar-refractivity contribution in [1.82, 2.24) is 19.7 Å². The van der Waals surface area contributed by atoms with Crippen LogP contribution in [-0.4, -0.2) is 46.1 Å².